The minimum absolute atomic E-state index is 0.0715. The molecule has 0 atom stereocenters. The number of esters is 1. The Morgan fingerprint density at radius 1 is 1.19 bits per heavy atom. The van der Waals surface area contributed by atoms with Crippen LogP contribution in [0.15, 0.2) is 41.0 Å². The summed E-state index contributed by atoms with van der Waals surface area (Å²) < 4.78 is 5.80. The number of carbonyl (C=O) groups excluding carboxylic acids is 2. The van der Waals surface area contributed by atoms with Gasteiger partial charge in [0.25, 0.3) is 5.91 Å². The van der Waals surface area contributed by atoms with Gasteiger partial charge in [-0.3, -0.25) is 4.79 Å². The molecule has 1 aliphatic heterocycles. The molecule has 1 amide bonds. The first-order valence-electron chi connectivity index (χ1n) is 8.62. The molecule has 1 aromatic heterocycles. The molecular formula is C19H19BrClN3O3. The number of amides is 1. The fourth-order valence-corrected chi connectivity index (χ4v) is 3.63. The third kappa shape index (κ3) is 4.59. The Hall–Kier alpha value is -2.12. The minimum atomic E-state index is -0.377. The van der Waals surface area contributed by atoms with Crippen LogP contribution < -0.4 is 4.90 Å². The first-order chi connectivity index (χ1) is 13.0. The number of hydrogen-bond acceptors (Lipinski definition) is 5. The first kappa shape index (κ1) is 19.6. The van der Waals surface area contributed by atoms with Crippen molar-refractivity contribution < 1.29 is 14.3 Å². The molecule has 0 spiro atoms. The van der Waals surface area contributed by atoms with Crippen molar-refractivity contribution in [2.45, 2.75) is 6.92 Å². The van der Waals surface area contributed by atoms with E-state index in [2.05, 4.69) is 25.8 Å². The van der Waals surface area contributed by atoms with E-state index in [0.29, 0.717) is 48.9 Å². The molecule has 2 heterocycles. The molecule has 8 heteroatoms. The van der Waals surface area contributed by atoms with Gasteiger partial charge in [0, 0.05) is 36.8 Å². The lowest BCUT2D eigenvalue weighted by molar-refractivity contribution is 0.0525. The number of hydrogen-bond donors (Lipinski definition) is 0. The van der Waals surface area contributed by atoms with Crippen LogP contribution >= 0.6 is 27.5 Å². The maximum Gasteiger partial charge on any atom is 0.339 e. The standard InChI is InChI=1S/C19H19BrClN3O3/c1-2-27-19(26)13-3-6-17(22-12-13)23-7-9-24(10-8-23)18(25)15-5-4-14(20)11-16(15)21/h3-6,11-12H,2,7-10H2,1H3. The topological polar surface area (TPSA) is 62.7 Å². The molecule has 6 nitrogen and oxygen atoms in total. The van der Waals surface area contributed by atoms with E-state index < -0.39 is 0 Å². The number of benzene rings is 1. The van der Waals surface area contributed by atoms with E-state index in [1.54, 1.807) is 36.1 Å². The highest BCUT2D eigenvalue weighted by Crippen LogP contribution is 2.23. The molecule has 0 radical (unpaired) electrons. The number of rotatable bonds is 4. The van der Waals surface area contributed by atoms with E-state index in [-0.39, 0.29) is 11.9 Å². The summed E-state index contributed by atoms with van der Waals surface area (Å²) in [5.41, 5.74) is 0.935. The van der Waals surface area contributed by atoms with E-state index in [1.165, 1.54) is 6.20 Å². The molecule has 0 N–H and O–H groups in total. The second kappa shape index (κ2) is 8.71. The smallest absolute Gasteiger partial charge is 0.339 e. The van der Waals surface area contributed by atoms with Crippen molar-refractivity contribution in [2.75, 3.05) is 37.7 Å². The lowest BCUT2D eigenvalue weighted by Gasteiger charge is -2.35. The molecule has 142 valence electrons. The van der Waals surface area contributed by atoms with Crippen molar-refractivity contribution in [2.24, 2.45) is 0 Å². The van der Waals surface area contributed by atoms with Gasteiger partial charge in [0.2, 0.25) is 0 Å². The van der Waals surface area contributed by atoms with Crippen LogP contribution in [0, 0.1) is 0 Å². The van der Waals surface area contributed by atoms with Gasteiger partial charge in [0.05, 0.1) is 22.8 Å². The molecule has 1 aliphatic rings. The number of ether oxygens (including phenoxy) is 1. The second-order valence-electron chi connectivity index (χ2n) is 6.03. The zero-order valence-corrected chi connectivity index (χ0v) is 17.2. The van der Waals surface area contributed by atoms with Crippen molar-refractivity contribution in [3.05, 3.63) is 57.2 Å². The quantitative estimate of drug-likeness (QED) is 0.663. The van der Waals surface area contributed by atoms with Crippen LogP contribution in [-0.2, 0) is 4.74 Å². The first-order valence-corrected chi connectivity index (χ1v) is 9.79. The highest BCUT2D eigenvalue weighted by Gasteiger charge is 2.24. The molecule has 0 aliphatic carbocycles. The molecule has 1 saturated heterocycles. The highest BCUT2D eigenvalue weighted by molar-refractivity contribution is 9.10. The van der Waals surface area contributed by atoms with Gasteiger partial charge < -0.3 is 14.5 Å². The number of nitrogens with zero attached hydrogens (tertiary/aromatic N) is 3. The molecule has 1 fully saturated rings. The highest BCUT2D eigenvalue weighted by atomic mass is 79.9. The Bertz CT molecular complexity index is 837. The molecule has 3 rings (SSSR count). The molecule has 0 unspecified atom stereocenters. The lowest BCUT2D eigenvalue weighted by Crippen LogP contribution is -2.49. The maximum atomic E-state index is 12.7. The summed E-state index contributed by atoms with van der Waals surface area (Å²) in [5.74, 6) is 0.327. The number of piperazine rings is 1. The van der Waals surface area contributed by atoms with Gasteiger partial charge in [0.1, 0.15) is 5.82 Å². The van der Waals surface area contributed by atoms with Gasteiger partial charge >= 0.3 is 5.97 Å². The van der Waals surface area contributed by atoms with Crippen molar-refractivity contribution in [1.29, 1.82) is 0 Å². The van der Waals surface area contributed by atoms with Gasteiger partial charge in [-0.25, -0.2) is 9.78 Å². The number of aromatic nitrogens is 1. The molecule has 0 saturated carbocycles. The summed E-state index contributed by atoms with van der Waals surface area (Å²) >= 11 is 9.54. The Morgan fingerprint density at radius 3 is 2.52 bits per heavy atom. The molecule has 27 heavy (non-hydrogen) atoms. The molecule has 0 bridgehead atoms. The Balaban J connectivity index is 1.61. The number of halogens is 2. The van der Waals surface area contributed by atoms with Gasteiger partial charge in [-0.15, -0.1) is 0 Å². The SMILES string of the molecule is CCOC(=O)c1ccc(N2CCN(C(=O)c3ccc(Br)cc3Cl)CC2)nc1. The van der Waals surface area contributed by atoms with Crippen LogP contribution in [0.3, 0.4) is 0 Å². The maximum absolute atomic E-state index is 12.7. The van der Waals surface area contributed by atoms with Crippen LogP contribution in [-0.4, -0.2) is 54.5 Å². The summed E-state index contributed by atoms with van der Waals surface area (Å²) in [4.78, 5) is 32.6. The second-order valence-corrected chi connectivity index (χ2v) is 7.35. The Kier molecular flexibility index (Phi) is 6.34. The Morgan fingerprint density at radius 2 is 1.93 bits per heavy atom. The zero-order chi connectivity index (χ0) is 19.4. The van der Waals surface area contributed by atoms with Gasteiger partial charge in [-0.2, -0.15) is 0 Å². The van der Waals surface area contributed by atoms with Crippen molar-refractivity contribution >= 4 is 45.2 Å². The third-order valence-electron chi connectivity index (χ3n) is 4.31. The van der Waals surface area contributed by atoms with Crippen LogP contribution in [0.2, 0.25) is 5.02 Å². The van der Waals surface area contributed by atoms with Gasteiger partial charge in [0.15, 0.2) is 0 Å². The fourth-order valence-electron chi connectivity index (χ4n) is 2.88. The van der Waals surface area contributed by atoms with Crippen molar-refractivity contribution in [3.8, 4) is 0 Å². The minimum Gasteiger partial charge on any atom is -0.462 e. The summed E-state index contributed by atoms with van der Waals surface area (Å²) in [5, 5.41) is 0.438. The predicted molar refractivity (Wildman–Crippen MR) is 107 cm³/mol. The largest absolute Gasteiger partial charge is 0.462 e. The van der Waals surface area contributed by atoms with E-state index in [1.807, 2.05) is 6.07 Å². The number of carbonyl (C=O) groups is 2. The summed E-state index contributed by atoms with van der Waals surface area (Å²) in [6, 6.07) is 8.77. The predicted octanol–water partition coefficient (Wildman–Crippen LogP) is 3.64. The van der Waals surface area contributed by atoms with Crippen molar-refractivity contribution in [3.63, 3.8) is 0 Å². The van der Waals surface area contributed by atoms with Crippen LogP contribution in [0.1, 0.15) is 27.6 Å². The third-order valence-corrected chi connectivity index (χ3v) is 5.12. The molecule has 2 aromatic rings. The number of pyridine rings is 1. The number of anilines is 1. The zero-order valence-electron chi connectivity index (χ0n) is 14.8. The van der Waals surface area contributed by atoms with Crippen molar-refractivity contribution in [1.82, 2.24) is 9.88 Å². The molecule has 1 aromatic carbocycles. The fraction of sp³-hybridized carbons (Fsp3) is 0.316. The molecular weight excluding hydrogens is 434 g/mol. The average molecular weight is 453 g/mol. The summed E-state index contributed by atoms with van der Waals surface area (Å²) in [6.07, 6.45) is 1.52. The van der Waals surface area contributed by atoms with Gasteiger partial charge in [-0.1, -0.05) is 27.5 Å². The normalized spacial score (nSPS) is 14.2. The lowest BCUT2D eigenvalue weighted by atomic mass is 10.1. The average Bonchev–Trinajstić information content (AvgIpc) is 2.68. The van der Waals surface area contributed by atoms with E-state index in [0.717, 1.165) is 10.3 Å². The monoisotopic (exact) mass is 451 g/mol. The van der Waals surface area contributed by atoms with Crippen LogP contribution in [0.5, 0.6) is 0 Å². The van der Waals surface area contributed by atoms with Gasteiger partial charge in [-0.05, 0) is 37.3 Å². The van der Waals surface area contributed by atoms with Crippen LogP contribution in [0.25, 0.3) is 0 Å². The van der Waals surface area contributed by atoms with E-state index in [9.17, 15) is 9.59 Å². The van der Waals surface area contributed by atoms with E-state index >= 15 is 0 Å². The summed E-state index contributed by atoms with van der Waals surface area (Å²) in [6.45, 7) is 4.57. The summed E-state index contributed by atoms with van der Waals surface area (Å²) in [7, 11) is 0. The van der Waals surface area contributed by atoms with Crippen LogP contribution in [0.4, 0.5) is 5.82 Å². The van der Waals surface area contributed by atoms with E-state index in [4.69, 9.17) is 16.3 Å². The Labute approximate surface area is 171 Å².